The van der Waals surface area contributed by atoms with E-state index in [-0.39, 0.29) is 19.0 Å². The number of aliphatic carboxylic acids is 1. The van der Waals surface area contributed by atoms with Crippen molar-refractivity contribution < 1.29 is 19.8 Å². The Labute approximate surface area is 106 Å². The Hall–Kier alpha value is -1.30. The van der Waals surface area contributed by atoms with Crippen molar-refractivity contribution in [3.8, 4) is 0 Å². The third-order valence-electron chi connectivity index (χ3n) is 3.88. The zero-order valence-electron chi connectivity index (χ0n) is 10.3. The van der Waals surface area contributed by atoms with Gasteiger partial charge in [0.05, 0.1) is 6.10 Å². The molecular formula is C12H20N2O4. The van der Waals surface area contributed by atoms with Crippen LogP contribution in [0.2, 0.25) is 0 Å². The fourth-order valence-electron chi connectivity index (χ4n) is 2.54. The Bertz CT molecular complexity index is 330. The largest absolute Gasteiger partial charge is 0.480 e. The van der Waals surface area contributed by atoms with Gasteiger partial charge in [0.25, 0.3) is 0 Å². The summed E-state index contributed by atoms with van der Waals surface area (Å²) in [5.41, 5.74) is 0. The lowest BCUT2D eigenvalue weighted by Crippen LogP contribution is -2.46. The molecule has 0 spiro atoms. The second kappa shape index (κ2) is 5.56. The number of aliphatic hydroxyl groups excluding tert-OH is 1. The van der Waals surface area contributed by atoms with E-state index in [4.69, 9.17) is 5.11 Å². The first-order chi connectivity index (χ1) is 8.58. The molecule has 0 bridgehead atoms. The van der Waals surface area contributed by atoms with Crippen LogP contribution in [0, 0.1) is 5.92 Å². The lowest BCUT2D eigenvalue weighted by molar-refractivity contribution is -0.141. The van der Waals surface area contributed by atoms with E-state index in [0.29, 0.717) is 12.5 Å². The number of rotatable bonds is 4. The van der Waals surface area contributed by atoms with Crippen LogP contribution in [0.4, 0.5) is 4.79 Å². The number of aliphatic hydroxyl groups is 1. The van der Waals surface area contributed by atoms with Gasteiger partial charge < -0.3 is 20.4 Å². The quantitative estimate of drug-likeness (QED) is 0.679. The molecule has 2 amide bonds. The van der Waals surface area contributed by atoms with Gasteiger partial charge in [0.2, 0.25) is 0 Å². The molecule has 2 fully saturated rings. The molecule has 0 aromatic heterocycles. The van der Waals surface area contributed by atoms with Gasteiger partial charge in [0, 0.05) is 19.5 Å². The van der Waals surface area contributed by atoms with Crippen molar-refractivity contribution in [2.24, 2.45) is 5.92 Å². The summed E-state index contributed by atoms with van der Waals surface area (Å²) in [7, 11) is 0. The first-order valence-corrected chi connectivity index (χ1v) is 6.53. The number of urea groups is 1. The minimum atomic E-state index is -1.05. The van der Waals surface area contributed by atoms with E-state index in [1.807, 2.05) is 0 Å². The zero-order chi connectivity index (χ0) is 13.1. The topological polar surface area (TPSA) is 89.9 Å². The highest BCUT2D eigenvalue weighted by Gasteiger charge is 2.38. The number of nitrogens with one attached hydrogen (secondary N) is 1. The number of carbonyl (C=O) groups is 2. The Morgan fingerprint density at radius 2 is 2.06 bits per heavy atom. The second-order valence-corrected chi connectivity index (χ2v) is 5.21. The van der Waals surface area contributed by atoms with E-state index in [2.05, 4.69) is 5.32 Å². The Kier molecular flexibility index (Phi) is 4.06. The van der Waals surface area contributed by atoms with Gasteiger partial charge in [-0.3, -0.25) is 0 Å². The van der Waals surface area contributed by atoms with Gasteiger partial charge >= 0.3 is 12.0 Å². The molecule has 1 aliphatic heterocycles. The van der Waals surface area contributed by atoms with Gasteiger partial charge in [-0.15, -0.1) is 0 Å². The minimum absolute atomic E-state index is 0.103. The predicted octanol–water partition coefficient (Wildman–Crippen LogP) is 0.406. The average molecular weight is 256 g/mol. The first-order valence-electron chi connectivity index (χ1n) is 6.53. The van der Waals surface area contributed by atoms with Crippen molar-refractivity contribution in [3.63, 3.8) is 0 Å². The van der Waals surface area contributed by atoms with E-state index < -0.39 is 18.1 Å². The highest BCUT2D eigenvalue weighted by atomic mass is 16.4. The molecule has 18 heavy (non-hydrogen) atoms. The van der Waals surface area contributed by atoms with Crippen LogP contribution < -0.4 is 5.32 Å². The Balaban J connectivity index is 1.77. The summed E-state index contributed by atoms with van der Waals surface area (Å²) < 4.78 is 0. The number of β-amino-alcohol motifs (C(OH)–C–C–N with tert-alkyl or cyclic N) is 1. The van der Waals surface area contributed by atoms with Gasteiger partial charge in [0.1, 0.15) is 6.04 Å². The van der Waals surface area contributed by atoms with Gasteiger partial charge in [-0.05, 0) is 12.3 Å². The molecule has 1 saturated carbocycles. The molecule has 3 N–H and O–H groups in total. The number of carboxylic acids is 1. The third-order valence-corrected chi connectivity index (χ3v) is 3.88. The maximum Gasteiger partial charge on any atom is 0.326 e. The molecule has 1 saturated heterocycles. The molecule has 0 radical (unpaired) electrons. The van der Waals surface area contributed by atoms with Crippen LogP contribution in [-0.4, -0.2) is 52.3 Å². The van der Waals surface area contributed by atoms with Gasteiger partial charge in [-0.2, -0.15) is 0 Å². The van der Waals surface area contributed by atoms with Crippen molar-refractivity contribution >= 4 is 12.0 Å². The van der Waals surface area contributed by atoms with Crippen LogP contribution in [0.5, 0.6) is 0 Å². The highest BCUT2D eigenvalue weighted by molar-refractivity contribution is 5.83. The predicted molar refractivity (Wildman–Crippen MR) is 64.1 cm³/mol. The molecule has 1 heterocycles. The van der Waals surface area contributed by atoms with E-state index in [0.717, 1.165) is 6.42 Å². The molecule has 1 aliphatic carbocycles. The molecule has 0 aromatic rings. The third kappa shape index (κ3) is 2.93. The van der Waals surface area contributed by atoms with Crippen LogP contribution in [0.25, 0.3) is 0 Å². The van der Waals surface area contributed by atoms with Crippen LogP contribution in [0.1, 0.15) is 32.1 Å². The number of amides is 2. The van der Waals surface area contributed by atoms with Crippen molar-refractivity contribution in [2.45, 2.75) is 44.2 Å². The number of likely N-dealkylation sites (tertiary alicyclic amines) is 1. The van der Waals surface area contributed by atoms with Gasteiger partial charge in [-0.1, -0.05) is 19.3 Å². The smallest absolute Gasteiger partial charge is 0.326 e. The summed E-state index contributed by atoms with van der Waals surface area (Å²) in [6.45, 7) is 0.689. The van der Waals surface area contributed by atoms with Crippen LogP contribution >= 0.6 is 0 Å². The summed E-state index contributed by atoms with van der Waals surface area (Å²) in [6.07, 6.45) is 4.08. The molecular weight excluding hydrogens is 236 g/mol. The monoisotopic (exact) mass is 256 g/mol. The average Bonchev–Trinajstić information content (AvgIpc) is 2.64. The number of carboxylic acid groups (broad SMARTS) is 1. The van der Waals surface area contributed by atoms with Crippen LogP contribution in [0.3, 0.4) is 0 Å². The van der Waals surface area contributed by atoms with E-state index in [1.54, 1.807) is 0 Å². The normalized spacial score (nSPS) is 27.9. The molecule has 102 valence electrons. The zero-order valence-corrected chi connectivity index (χ0v) is 10.3. The van der Waals surface area contributed by atoms with Crippen molar-refractivity contribution in [1.29, 1.82) is 0 Å². The molecule has 2 rings (SSSR count). The molecule has 6 nitrogen and oxygen atoms in total. The van der Waals surface area contributed by atoms with Gasteiger partial charge in [-0.25, -0.2) is 9.59 Å². The molecule has 2 aliphatic rings. The lowest BCUT2D eigenvalue weighted by Gasteiger charge is -2.26. The highest BCUT2D eigenvalue weighted by Crippen LogP contribution is 2.28. The van der Waals surface area contributed by atoms with Crippen LogP contribution in [0.15, 0.2) is 0 Å². The van der Waals surface area contributed by atoms with E-state index in [9.17, 15) is 14.7 Å². The lowest BCUT2D eigenvalue weighted by atomic mass is 9.83. The molecule has 0 unspecified atom stereocenters. The minimum Gasteiger partial charge on any atom is -0.480 e. The summed E-state index contributed by atoms with van der Waals surface area (Å²) >= 11 is 0. The first kappa shape index (κ1) is 13.1. The summed E-state index contributed by atoms with van der Waals surface area (Å²) in [4.78, 5) is 24.0. The van der Waals surface area contributed by atoms with E-state index >= 15 is 0 Å². The van der Waals surface area contributed by atoms with Gasteiger partial charge in [0.15, 0.2) is 0 Å². The second-order valence-electron chi connectivity index (χ2n) is 5.21. The van der Waals surface area contributed by atoms with E-state index in [1.165, 1.54) is 24.2 Å². The standard InChI is InChI=1S/C12H20N2O4/c15-9-6-10(11(16)17)14(7-9)12(18)13-5-4-8-2-1-3-8/h8-10,15H,1-7H2,(H,13,18)(H,16,17)/t9-,10+/m1/s1. The fourth-order valence-corrected chi connectivity index (χ4v) is 2.54. The summed E-state index contributed by atoms with van der Waals surface area (Å²) in [5.74, 6) is -0.342. The molecule has 6 heteroatoms. The SMILES string of the molecule is O=C(O)[C@@H]1C[C@@H](O)CN1C(=O)NCCC1CCC1. The summed E-state index contributed by atoms with van der Waals surface area (Å²) in [6, 6.07) is -1.28. The number of carbonyl (C=O) groups excluding carboxylic acids is 1. The maximum absolute atomic E-state index is 11.8. The Morgan fingerprint density at radius 1 is 1.33 bits per heavy atom. The van der Waals surface area contributed by atoms with Crippen molar-refractivity contribution in [3.05, 3.63) is 0 Å². The number of hydrogen-bond donors (Lipinski definition) is 3. The van der Waals surface area contributed by atoms with Crippen LogP contribution in [-0.2, 0) is 4.79 Å². The van der Waals surface area contributed by atoms with Crippen molar-refractivity contribution in [2.75, 3.05) is 13.1 Å². The Morgan fingerprint density at radius 3 is 2.61 bits per heavy atom. The fraction of sp³-hybridized carbons (Fsp3) is 0.833. The van der Waals surface area contributed by atoms with Crippen molar-refractivity contribution in [1.82, 2.24) is 10.2 Å². The molecule has 2 atom stereocenters. The molecule has 0 aromatic carbocycles. The number of nitrogens with zero attached hydrogens (tertiary/aromatic N) is 1. The maximum atomic E-state index is 11.8. The number of hydrogen-bond acceptors (Lipinski definition) is 3. The summed E-state index contributed by atoms with van der Waals surface area (Å²) in [5, 5.41) is 21.2.